The molecule has 4 heteroatoms. The lowest BCUT2D eigenvalue weighted by Gasteiger charge is -2.33. The minimum atomic E-state index is 0.240. The Bertz CT molecular complexity index is 415. The van der Waals surface area contributed by atoms with E-state index in [2.05, 4.69) is 24.1 Å². The predicted octanol–water partition coefficient (Wildman–Crippen LogP) is 4.13. The maximum atomic E-state index is 6.27. The number of hydrogen-bond donors (Lipinski definition) is 1. The molecular weight excluding hydrogens is 279 g/mol. The van der Waals surface area contributed by atoms with Crippen LogP contribution in [0, 0.1) is 0 Å². The molecule has 1 aromatic rings. The summed E-state index contributed by atoms with van der Waals surface area (Å²) in [6.07, 6.45) is 2.41. The third-order valence-electron chi connectivity index (χ3n) is 3.97. The van der Waals surface area contributed by atoms with Crippen LogP contribution in [0.4, 0.5) is 0 Å². The van der Waals surface area contributed by atoms with Gasteiger partial charge in [-0.1, -0.05) is 42.3 Å². The zero-order valence-electron chi connectivity index (χ0n) is 11.6. The monoisotopic (exact) mass is 300 g/mol. The van der Waals surface area contributed by atoms with Crippen LogP contribution in [-0.4, -0.2) is 30.6 Å². The molecule has 0 spiro atoms. The van der Waals surface area contributed by atoms with Crippen molar-refractivity contribution in [1.29, 1.82) is 0 Å². The van der Waals surface area contributed by atoms with Crippen molar-refractivity contribution in [1.82, 2.24) is 10.2 Å². The quantitative estimate of drug-likeness (QED) is 0.899. The van der Waals surface area contributed by atoms with Crippen molar-refractivity contribution < 1.29 is 0 Å². The summed E-state index contributed by atoms with van der Waals surface area (Å²) in [5.41, 5.74) is 1.09. The fraction of sp³-hybridized carbons (Fsp3) is 0.600. The molecule has 0 aromatic heterocycles. The molecule has 1 fully saturated rings. The lowest BCUT2D eigenvalue weighted by atomic mass is 10.0. The normalized spacial score (nSPS) is 19.6. The van der Waals surface area contributed by atoms with Gasteiger partial charge in [0.25, 0.3) is 0 Å². The predicted molar refractivity (Wildman–Crippen MR) is 83.1 cm³/mol. The zero-order valence-corrected chi connectivity index (χ0v) is 13.1. The van der Waals surface area contributed by atoms with Crippen molar-refractivity contribution in [2.75, 3.05) is 19.6 Å². The number of hydrogen-bond acceptors (Lipinski definition) is 2. The molecular formula is C15H22Cl2N2. The minimum Gasteiger partial charge on any atom is -0.307 e. The lowest BCUT2D eigenvalue weighted by Crippen LogP contribution is -2.43. The van der Waals surface area contributed by atoms with Gasteiger partial charge in [-0.15, -0.1) is 0 Å². The van der Waals surface area contributed by atoms with Crippen LogP contribution >= 0.6 is 23.2 Å². The average molecular weight is 301 g/mol. The highest BCUT2D eigenvalue weighted by molar-refractivity contribution is 6.42. The van der Waals surface area contributed by atoms with Crippen LogP contribution in [0.1, 0.15) is 38.3 Å². The van der Waals surface area contributed by atoms with Crippen molar-refractivity contribution >= 4 is 23.2 Å². The number of likely N-dealkylation sites (tertiary alicyclic amines) is 1. The molecule has 0 saturated carbocycles. The Morgan fingerprint density at radius 1 is 1.32 bits per heavy atom. The Hall–Kier alpha value is -0.280. The first-order valence-corrected chi connectivity index (χ1v) is 7.79. The Morgan fingerprint density at radius 3 is 2.63 bits per heavy atom. The molecule has 0 aliphatic carbocycles. The zero-order chi connectivity index (χ0) is 13.8. The minimum absolute atomic E-state index is 0.240. The average Bonchev–Trinajstić information content (AvgIpc) is 2.42. The van der Waals surface area contributed by atoms with E-state index in [4.69, 9.17) is 23.2 Å². The summed E-state index contributed by atoms with van der Waals surface area (Å²) in [5.74, 6) is 0. The molecule has 1 N–H and O–H groups in total. The third-order valence-corrected chi connectivity index (χ3v) is 4.80. The SMILES string of the molecule is CCN1CCC(NC(C)c2cccc(Cl)c2Cl)CC1. The van der Waals surface area contributed by atoms with Gasteiger partial charge in [0.2, 0.25) is 0 Å². The molecule has 0 radical (unpaired) electrons. The number of nitrogens with zero attached hydrogens (tertiary/aromatic N) is 1. The van der Waals surface area contributed by atoms with E-state index in [1.54, 1.807) is 0 Å². The second-order valence-corrected chi connectivity index (χ2v) is 6.03. The van der Waals surface area contributed by atoms with Gasteiger partial charge in [0.1, 0.15) is 0 Å². The van der Waals surface area contributed by atoms with Crippen LogP contribution in [0.15, 0.2) is 18.2 Å². The molecule has 19 heavy (non-hydrogen) atoms. The lowest BCUT2D eigenvalue weighted by molar-refractivity contribution is 0.200. The highest BCUT2D eigenvalue weighted by atomic mass is 35.5. The molecule has 1 unspecified atom stereocenters. The van der Waals surface area contributed by atoms with Gasteiger partial charge in [0, 0.05) is 12.1 Å². The van der Waals surface area contributed by atoms with E-state index in [1.165, 1.54) is 25.9 Å². The number of rotatable bonds is 4. The van der Waals surface area contributed by atoms with Gasteiger partial charge in [-0.2, -0.15) is 0 Å². The van der Waals surface area contributed by atoms with Gasteiger partial charge < -0.3 is 10.2 Å². The first-order valence-electron chi connectivity index (χ1n) is 7.04. The molecule has 0 bridgehead atoms. The molecule has 1 saturated heterocycles. The van der Waals surface area contributed by atoms with E-state index in [-0.39, 0.29) is 6.04 Å². The van der Waals surface area contributed by atoms with Crippen LogP contribution in [0.25, 0.3) is 0 Å². The fourth-order valence-corrected chi connectivity index (χ4v) is 3.19. The molecule has 2 rings (SSSR count). The summed E-state index contributed by atoms with van der Waals surface area (Å²) in [4.78, 5) is 2.50. The molecule has 1 atom stereocenters. The number of halogens is 2. The second kappa shape index (κ2) is 6.94. The molecule has 1 aromatic carbocycles. The van der Waals surface area contributed by atoms with E-state index in [1.807, 2.05) is 18.2 Å². The van der Waals surface area contributed by atoms with E-state index >= 15 is 0 Å². The smallest absolute Gasteiger partial charge is 0.0639 e. The number of benzene rings is 1. The van der Waals surface area contributed by atoms with Gasteiger partial charge in [-0.3, -0.25) is 0 Å². The first-order chi connectivity index (χ1) is 9.11. The molecule has 2 nitrogen and oxygen atoms in total. The van der Waals surface area contributed by atoms with E-state index in [9.17, 15) is 0 Å². The van der Waals surface area contributed by atoms with Crippen LogP contribution in [-0.2, 0) is 0 Å². The van der Waals surface area contributed by atoms with E-state index < -0.39 is 0 Å². The van der Waals surface area contributed by atoms with Crippen molar-refractivity contribution in [2.24, 2.45) is 0 Å². The van der Waals surface area contributed by atoms with Crippen LogP contribution in [0.5, 0.6) is 0 Å². The number of nitrogens with one attached hydrogen (secondary N) is 1. The summed E-state index contributed by atoms with van der Waals surface area (Å²) < 4.78 is 0. The summed E-state index contributed by atoms with van der Waals surface area (Å²) in [7, 11) is 0. The highest BCUT2D eigenvalue weighted by Crippen LogP contribution is 2.30. The van der Waals surface area contributed by atoms with E-state index in [0.29, 0.717) is 16.1 Å². The molecule has 1 aliphatic heterocycles. The van der Waals surface area contributed by atoms with Crippen molar-refractivity contribution in [3.63, 3.8) is 0 Å². The Balaban J connectivity index is 1.94. The maximum absolute atomic E-state index is 6.27. The summed E-state index contributed by atoms with van der Waals surface area (Å²) in [6, 6.07) is 6.66. The van der Waals surface area contributed by atoms with Crippen molar-refractivity contribution in [3.8, 4) is 0 Å². The van der Waals surface area contributed by atoms with Crippen LogP contribution in [0.2, 0.25) is 10.0 Å². The Labute approximate surface area is 126 Å². The van der Waals surface area contributed by atoms with Crippen LogP contribution in [0.3, 0.4) is 0 Å². The van der Waals surface area contributed by atoms with Crippen molar-refractivity contribution in [3.05, 3.63) is 33.8 Å². The molecule has 1 aliphatic rings. The van der Waals surface area contributed by atoms with Gasteiger partial charge in [0.15, 0.2) is 0 Å². The summed E-state index contributed by atoms with van der Waals surface area (Å²) >= 11 is 12.3. The van der Waals surface area contributed by atoms with E-state index in [0.717, 1.165) is 12.1 Å². The standard InChI is InChI=1S/C15H22Cl2N2/c1-3-19-9-7-12(8-10-19)18-11(2)13-5-4-6-14(16)15(13)17/h4-6,11-12,18H,3,7-10H2,1-2H3. The van der Waals surface area contributed by atoms with Crippen molar-refractivity contribution in [2.45, 2.75) is 38.8 Å². The highest BCUT2D eigenvalue weighted by Gasteiger charge is 2.21. The molecule has 0 amide bonds. The van der Waals surface area contributed by atoms with Gasteiger partial charge in [0.05, 0.1) is 10.0 Å². The second-order valence-electron chi connectivity index (χ2n) is 5.24. The van der Waals surface area contributed by atoms with Gasteiger partial charge in [-0.25, -0.2) is 0 Å². The van der Waals surface area contributed by atoms with Crippen LogP contribution < -0.4 is 5.32 Å². The molecule has 1 heterocycles. The first kappa shape index (κ1) is 15.1. The third kappa shape index (κ3) is 3.85. The Kier molecular flexibility index (Phi) is 5.52. The summed E-state index contributed by atoms with van der Waals surface area (Å²) in [6.45, 7) is 7.91. The maximum Gasteiger partial charge on any atom is 0.0639 e. The molecule has 106 valence electrons. The van der Waals surface area contributed by atoms with Gasteiger partial charge in [-0.05, 0) is 51.0 Å². The topological polar surface area (TPSA) is 15.3 Å². The summed E-state index contributed by atoms with van der Waals surface area (Å²) in [5, 5.41) is 4.99. The Morgan fingerprint density at radius 2 is 2.00 bits per heavy atom. The largest absolute Gasteiger partial charge is 0.307 e. The number of piperidine rings is 1. The fourth-order valence-electron chi connectivity index (χ4n) is 2.71. The van der Waals surface area contributed by atoms with Gasteiger partial charge >= 0.3 is 0 Å².